The van der Waals surface area contributed by atoms with E-state index in [4.69, 9.17) is 4.84 Å². The highest BCUT2D eigenvalue weighted by Crippen LogP contribution is 2.15. The van der Waals surface area contributed by atoms with E-state index in [1.165, 1.54) is 11.1 Å². The van der Waals surface area contributed by atoms with Gasteiger partial charge in [0.25, 0.3) is 0 Å². The number of anilines is 1. The number of hydrogen-bond donors (Lipinski definition) is 0. The Morgan fingerprint density at radius 3 is 2.68 bits per heavy atom. The quantitative estimate of drug-likeness (QED) is 0.624. The van der Waals surface area contributed by atoms with Gasteiger partial charge in [-0.05, 0) is 5.56 Å². The molecular weight excluding hydrogens is 247 g/mol. The van der Waals surface area contributed by atoms with E-state index in [0.29, 0.717) is 0 Å². The summed E-state index contributed by atoms with van der Waals surface area (Å²) in [6.07, 6.45) is 2.58. The number of halogens is 1. The van der Waals surface area contributed by atoms with Crippen LogP contribution >= 0.6 is 0 Å². The highest BCUT2D eigenvalue weighted by molar-refractivity contribution is 5.78. The summed E-state index contributed by atoms with van der Waals surface area (Å²) in [5.41, 5.74) is 0.887. The molecule has 5 nitrogen and oxygen atoms in total. The van der Waals surface area contributed by atoms with Crippen molar-refractivity contribution in [2.45, 2.75) is 0 Å². The molecule has 0 amide bonds. The molecule has 19 heavy (non-hydrogen) atoms. The third-order valence-corrected chi connectivity index (χ3v) is 2.26. The van der Waals surface area contributed by atoms with Crippen molar-refractivity contribution >= 4 is 12.0 Å². The van der Waals surface area contributed by atoms with Gasteiger partial charge < -0.3 is 9.74 Å². The fraction of sp³-hybridized carbons (Fsp3) is 0.154. The average Bonchev–Trinajstić information content (AvgIpc) is 2.41. The standard InChI is InChI=1S/C13H13FN4O/c1-18(2)12-11(14)9-15-13(17-12)19-16-8-10-6-4-3-5-7-10/h3-9H,1-2H3. The van der Waals surface area contributed by atoms with E-state index in [1.54, 1.807) is 14.1 Å². The lowest BCUT2D eigenvalue weighted by Crippen LogP contribution is -2.13. The molecule has 2 rings (SSSR count). The number of hydrogen-bond acceptors (Lipinski definition) is 5. The second-order valence-corrected chi connectivity index (χ2v) is 3.96. The molecule has 0 aliphatic carbocycles. The van der Waals surface area contributed by atoms with Gasteiger partial charge in [-0.3, -0.25) is 0 Å². The van der Waals surface area contributed by atoms with Crippen molar-refractivity contribution in [3.8, 4) is 6.01 Å². The summed E-state index contributed by atoms with van der Waals surface area (Å²) in [4.78, 5) is 14.2. The van der Waals surface area contributed by atoms with Crippen LogP contribution < -0.4 is 9.74 Å². The number of benzene rings is 1. The van der Waals surface area contributed by atoms with Gasteiger partial charge in [-0.1, -0.05) is 35.5 Å². The molecule has 0 unspecified atom stereocenters. The molecule has 98 valence electrons. The van der Waals surface area contributed by atoms with Crippen LogP contribution in [0.15, 0.2) is 41.7 Å². The summed E-state index contributed by atoms with van der Waals surface area (Å²) >= 11 is 0. The number of oxime groups is 1. The normalized spacial score (nSPS) is 10.7. The fourth-order valence-corrected chi connectivity index (χ4v) is 1.37. The molecule has 0 aliphatic heterocycles. The smallest absolute Gasteiger partial charge is 0.347 e. The Hall–Kier alpha value is -2.50. The minimum absolute atomic E-state index is 0.00252. The maximum Gasteiger partial charge on any atom is 0.347 e. The molecule has 0 aliphatic rings. The lowest BCUT2D eigenvalue weighted by atomic mass is 10.2. The van der Waals surface area contributed by atoms with Crippen molar-refractivity contribution in [2.24, 2.45) is 5.16 Å². The Morgan fingerprint density at radius 2 is 2.00 bits per heavy atom. The van der Waals surface area contributed by atoms with Crippen LogP contribution in [0, 0.1) is 5.82 Å². The Kier molecular flexibility index (Phi) is 4.02. The zero-order valence-corrected chi connectivity index (χ0v) is 10.6. The molecule has 0 fully saturated rings. The first kappa shape index (κ1) is 12.9. The Balaban J connectivity index is 2.08. The van der Waals surface area contributed by atoms with Gasteiger partial charge in [-0.15, -0.1) is 0 Å². The van der Waals surface area contributed by atoms with E-state index >= 15 is 0 Å². The summed E-state index contributed by atoms with van der Waals surface area (Å²) in [6.45, 7) is 0. The number of aromatic nitrogens is 2. The van der Waals surface area contributed by atoms with Gasteiger partial charge in [0.2, 0.25) is 0 Å². The molecule has 0 bridgehead atoms. The van der Waals surface area contributed by atoms with E-state index in [9.17, 15) is 4.39 Å². The van der Waals surface area contributed by atoms with Crippen LogP contribution in [0.1, 0.15) is 5.56 Å². The van der Waals surface area contributed by atoms with Crippen molar-refractivity contribution in [1.82, 2.24) is 9.97 Å². The first-order valence-corrected chi connectivity index (χ1v) is 5.62. The maximum absolute atomic E-state index is 13.3. The van der Waals surface area contributed by atoms with Crippen LogP contribution in [0.25, 0.3) is 0 Å². The summed E-state index contributed by atoms with van der Waals surface area (Å²) in [7, 11) is 3.37. The molecule has 0 spiro atoms. The van der Waals surface area contributed by atoms with Crippen LogP contribution in [0.5, 0.6) is 6.01 Å². The predicted octanol–water partition coefficient (Wildman–Crippen LogP) is 2.09. The summed E-state index contributed by atoms with van der Waals surface area (Å²) < 4.78 is 13.3. The largest absolute Gasteiger partial charge is 0.360 e. The third kappa shape index (κ3) is 3.48. The third-order valence-electron chi connectivity index (χ3n) is 2.26. The molecule has 1 heterocycles. The zero-order valence-electron chi connectivity index (χ0n) is 10.6. The van der Waals surface area contributed by atoms with Gasteiger partial charge in [0, 0.05) is 14.1 Å². The van der Waals surface area contributed by atoms with Crippen LogP contribution in [0.4, 0.5) is 10.2 Å². The molecule has 0 saturated heterocycles. The van der Waals surface area contributed by atoms with Crippen molar-refractivity contribution in [3.05, 3.63) is 47.9 Å². The molecule has 2 aromatic rings. The van der Waals surface area contributed by atoms with Gasteiger partial charge >= 0.3 is 6.01 Å². The van der Waals surface area contributed by atoms with Crippen LogP contribution in [0.2, 0.25) is 0 Å². The minimum Gasteiger partial charge on any atom is -0.360 e. The van der Waals surface area contributed by atoms with Crippen LogP contribution in [-0.4, -0.2) is 30.3 Å². The van der Waals surface area contributed by atoms with E-state index < -0.39 is 5.82 Å². The van der Waals surface area contributed by atoms with E-state index in [2.05, 4.69) is 15.1 Å². The lowest BCUT2D eigenvalue weighted by Gasteiger charge is -2.11. The lowest BCUT2D eigenvalue weighted by molar-refractivity contribution is 0.313. The first-order valence-electron chi connectivity index (χ1n) is 5.62. The van der Waals surface area contributed by atoms with Crippen LogP contribution in [-0.2, 0) is 0 Å². The molecule has 6 heteroatoms. The molecular formula is C13H13FN4O. The van der Waals surface area contributed by atoms with E-state index in [1.807, 2.05) is 30.3 Å². The summed E-state index contributed by atoms with van der Waals surface area (Å²) in [6, 6.07) is 9.44. The van der Waals surface area contributed by atoms with E-state index in [-0.39, 0.29) is 11.8 Å². The second-order valence-electron chi connectivity index (χ2n) is 3.96. The SMILES string of the molecule is CN(C)c1nc(ON=Cc2ccccc2)ncc1F. The molecule has 0 saturated carbocycles. The first-order chi connectivity index (χ1) is 9.16. The van der Waals surface area contributed by atoms with Gasteiger partial charge in [-0.25, -0.2) is 4.39 Å². The van der Waals surface area contributed by atoms with Crippen LogP contribution in [0.3, 0.4) is 0 Å². The Bertz CT molecular complexity index is 572. The number of nitrogens with zero attached hydrogens (tertiary/aromatic N) is 4. The average molecular weight is 260 g/mol. The monoisotopic (exact) mass is 260 g/mol. The number of rotatable bonds is 4. The zero-order chi connectivity index (χ0) is 13.7. The van der Waals surface area contributed by atoms with Gasteiger partial charge in [0.1, 0.15) is 0 Å². The maximum atomic E-state index is 13.3. The molecule has 1 aromatic carbocycles. The molecule has 0 atom stereocenters. The molecule has 1 aromatic heterocycles. The van der Waals surface area contributed by atoms with Crippen molar-refractivity contribution in [1.29, 1.82) is 0 Å². The van der Waals surface area contributed by atoms with Gasteiger partial charge in [0.15, 0.2) is 11.6 Å². The van der Waals surface area contributed by atoms with Gasteiger partial charge in [0.05, 0.1) is 12.4 Å². The molecule has 0 radical (unpaired) electrons. The van der Waals surface area contributed by atoms with E-state index in [0.717, 1.165) is 11.8 Å². The minimum atomic E-state index is -0.510. The van der Waals surface area contributed by atoms with Gasteiger partial charge in [-0.2, -0.15) is 9.97 Å². The summed E-state index contributed by atoms with van der Waals surface area (Å²) in [5, 5.41) is 3.75. The van der Waals surface area contributed by atoms with Crippen molar-refractivity contribution < 1.29 is 9.23 Å². The predicted molar refractivity (Wildman–Crippen MR) is 71.0 cm³/mol. The highest BCUT2D eigenvalue weighted by atomic mass is 19.1. The highest BCUT2D eigenvalue weighted by Gasteiger charge is 2.09. The van der Waals surface area contributed by atoms with Crippen molar-refractivity contribution in [3.63, 3.8) is 0 Å². The fourth-order valence-electron chi connectivity index (χ4n) is 1.37. The Morgan fingerprint density at radius 1 is 1.26 bits per heavy atom. The van der Waals surface area contributed by atoms with Crippen molar-refractivity contribution in [2.75, 3.05) is 19.0 Å². The topological polar surface area (TPSA) is 50.6 Å². The Labute approximate surface area is 110 Å². The molecule has 0 N–H and O–H groups in total. The summed E-state index contributed by atoms with van der Waals surface area (Å²) in [5.74, 6) is -0.357. The second kappa shape index (κ2) is 5.90.